The molecule has 1 aliphatic heterocycles. The van der Waals surface area contributed by atoms with Crippen LogP contribution in [0.1, 0.15) is 9.67 Å². The molecular weight excluding hydrogens is 318 g/mol. The van der Waals surface area contributed by atoms with Crippen molar-refractivity contribution in [3.05, 3.63) is 27.7 Å². The van der Waals surface area contributed by atoms with Crippen LogP contribution in [0.2, 0.25) is 0 Å². The Kier molecular flexibility index (Phi) is 3.05. The Morgan fingerprint density at radius 1 is 1.33 bits per heavy atom. The SMILES string of the molecule is O=Cc1cnc(-c2cc(Br)c3c(c2)OCCO3)s1. The molecule has 1 aliphatic rings. The molecule has 2 aromatic rings. The second-order valence-corrected chi connectivity index (χ2v) is 5.58. The number of hydrogen-bond acceptors (Lipinski definition) is 5. The van der Waals surface area contributed by atoms with Gasteiger partial charge in [-0.15, -0.1) is 11.3 Å². The van der Waals surface area contributed by atoms with E-state index >= 15 is 0 Å². The van der Waals surface area contributed by atoms with Gasteiger partial charge in [0, 0.05) is 11.8 Å². The van der Waals surface area contributed by atoms with Gasteiger partial charge in [0.15, 0.2) is 17.8 Å². The van der Waals surface area contributed by atoms with Crippen LogP contribution in [-0.4, -0.2) is 24.5 Å². The van der Waals surface area contributed by atoms with Crippen LogP contribution in [-0.2, 0) is 0 Å². The van der Waals surface area contributed by atoms with Gasteiger partial charge >= 0.3 is 0 Å². The van der Waals surface area contributed by atoms with Gasteiger partial charge in [-0.05, 0) is 28.1 Å². The van der Waals surface area contributed by atoms with Crippen molar-refractivity contribution < 1.29 is 14.3 Å². The van der Waals surface area contributed by atoms with Crippen LogP contribution in [0.25, 0.3) is 10.6 Å². The summed E-state index contributed by atoms with van der Waals surface area (Å²) >= 11 is 4.81. The van der Waals surface area contributed by atoms with E-state index < -0.39 is 0 Å². The van der Waals surface area contributed by atoms with E-state index in [1.54, 1.807) is 6.20 Å². The molecule has 0 N–H and O–H groups in total. The smallest absolute Gasteiger partial charge is 0.175 e. The first kappa shape index (κ1) is 11.7. The van der Waals surface area contributed by atoms with E-state index in [0.717, 1.165) is 27.1 Å². The number of rotatable bonds is 2. The van der Waals surface area contributed by atoms with Gasteiger partial charge in [0.2, 0.25) is 0 Å². The fourth-order valence-electron chi connectivity index (χ4n) is 1.71. The maximum atomic E-state index is 10.7. The first-order chi connectivity index (χ1) is 8.78. The average molecular weight is 326 g/mol. The van der Waals surface area contributed by atoms with Crippen molar-refractivity contribution in [1.29, 1.82) is 0 Å². The highest BCUT2D eigenvalue weighted by Gasteiger charge is 2.18. The molecule has 6 heteroatoms. The number of nitrogens with zero attached hydrogens (tertiary/aromatic N) is 1. The van der Waals surface area contributed by atoms with E-state index in [9.17, 15) is 4.79 Å². The van der Waals surface area contributed by atoms with Gasteiger partial charge in [0.25, 0.3) is 0 Å². The molecule has 1 aromatic heterocycles. The molecule has 92 valence electrons. The third-order valence-corrected chi connectivity index (χ3v) is 4.04. The number of aldehydes is 1. The fourth-order valence-corrected chi connectivity index (χ4v) is 2.98. The molecule has 4 nitrogen and oxygen atoms in total. The monoisotopic (exact) mass is 325 g/mol. The van der Waals surface area contributed by atoms with Gasteiger partial charge in [0.05, 0.1) is 9.35 Å². The zero-order valence-corrected chi connectivity index (χ0v) is 11.6. The van der Waals surface area contributed by atoms with Gasteiger partial charge in [0.1, 0.15) is 18.2 Å². The maximum Gasteiger partial charge on any atom is 0.175 e. The largest absolute Gasteiger partial charge is 0.486 e. The quantitative estimate of drug-likeness (QED) is 0.796. The van der Waals surface area contributed by atoms with E-state index in [-0.39, 0.29) is 0 Å². The molecule has 3 rings (SSSR count). The summed E-state index contributed by atoms with van der Waals surface area (Å²) in [5.41, 5.74) is 0.907. The van der Waals surface area contributed by atoms with Crippen LogP contribution in [0.4, 0.5) is 0 Å². The Hall–Kier alpha value is -1.40. The number of halogens is 1. The third-order valence-electron chi connectivity index (χ3n) is 2.48. The second-order valence-electron chi connectivity index (χ2n) is 3.67. The van der Waals surface area contributed by atoms with Crippen LogP contribution in [0.15, 0.2) is 22.8 Å². The minimum atomic E-state index is 0.542. The zero-order chi connectivity index (χ0) is 12.5. The number of fused-ring (bicyclic) bond motifs is 1. The van der Waals surface area contributed by atoms with E-state index in [4.69, 9.17) is 9.47 Å². The van der Waals surface area contributed by atoms with Crippen LogP contribution >= 0.6 is 27.3 Å². The molecule has 0 fully saturated rings. The van der Waals surface area contributed by atoms with E-state index in [1.807, 2.05) is 12.1 Å². The molecule has 2 heterocycles. The second kappa shape index (κ2) is 4.70. The van der Waals surface area contributed by atoms with E-state index in [0.29, 0.717) is 23.8 Å². The molecule has 0 amide bonds. The number of ether oxygens (including phenoxy) is 2. The molecule has 0 saturated carbocycles. The Balaban J connectivity index is 2.07. The Morgan fingerprint density at radius 2 is 2.17 bits per heavy atom. The fraction of sp³-hybridized carbons (Fsp3) is 0.167. The normalized spacial score (nSPS) is 13.4. The first-order valence-corrected chi connectivity index (χ1v) is 6.89. The minimum absolute atomic E-state index is 0.542. The minimum Gasteiger partial charge on any atom is -0.486 e. The first-order valence-electron chi connectivity index (χ1n) is 5.28. The van der Waals surface area contributed by atoms with E-state index in [1.165, 1.54) is 11.3 Å². The molecule has 1 aromatic carbocycles. The summed E-state index contributed by atoms with van der Waals surface area (Å²) in [7, 11) is 0. The average Bonchev–Trinajstić information content (AvgIpc) is 2.87. The molecular formula is C12H8BrNO3S. The predicted octanol–water partition coefficient (Wildman–Crippen LogP) is 3.16. The highest BCUT2D eigenvalue weighted by atomic mass is 79.9. The van der Waals surface area contributed by atoms with Crippen molar-refractivity contribution in [2.24, 2.45) is 0 Å². The van der Waals surface area contributed by atoms with Crippen molar-refractivity contribution in [2.75, 3.05) is 13.2 Å². The summed E-state index contributed by atoms with van der Waals surface area (Å²) in [4.78, 5) is 15.5. The standard InChI is InChI=1S/C12H8BrNO3S/c13-9-3-7(12-14-5-8(6-15)18-12)4-10-11(9)17-2-1-16-10/h3-6H,1-2H2. The third kappa shape index (κ3) is 2.02. The predicted molar refractivity (Wildman–Crippen MR) is 71.6 cm³/mol. The number of aromatic nitrogens is 1. The molecule has 0 spiro atoms. The molecule has 18 heavy (non-hydrogen) atoms. The molecule has 0 aliphatic carbocycles. The Morgan fingerprint density at radius 3 is 2.94 bits per heavy atom. The summed E-state index contributed by atoms with van der Waals surface area (Å²) in [6, 6.07) is 3.80. The lowest BCUT2D eigenvalue weighted by atomic mass is 10.2. The summed E-state index contributed by atoms with van der Waals surface area (Å²) in [5.74, 6) is 1.42. The molecule has 0 unspecified atom stereocenters. The lowest BCUT2D eigenvalue weighted by Gasteiger charge is -2.20. The van der Waals surface area contributed by atoms with Gasteiger partial charge < -0.3 is 9.47 Å². The van der Waals surface area contributed by atoms with Crippen molar-refractivity contribution >= 4 is 33.6 Å². The lowest BCUT2D eigenvalue weighted by molar-refractivity contribution is 0.112. The number of carbonyl (C=O) groups is 1. The lowest BCUT2D eigenvalue weighted by Crippen LogP contribution is -2.15. The molecule has 0 bridgehead atoms. The summed E-state index contributed by atoms with van der Waals surface area (Å²) in [6.45, 7) is 1.10. The van der Waals surface area contributed by atoms with Crippen LogP contribution in [0.5, 0.6) is 11.5 Å². The van der Waals surface area contributed by atoms with E-state index in [2.05, 4.69) is 20.9 Å². The van der Waals surface area contributed by atoms with Crippen molar-refractivity contribution in [1.82, 2.24) is 4.98 Å². The summed E-state index contributed by atoms with van der Waals surface area (Å²) < 4.78 is 11.9. The van der Waals surface area contributed by atoms with Crippen molar-refractivity contribution in [3.63, 3.8) is 0 Å². The summed E-state index contributed by atoms with van der Waals surface area (Å²) in [6.07, 6.45) is 2.37. The van der Waals surface area contributed by atoms with Gasteiger partial charge in [-0.25, -0.2) is 4.98 Å². The van der Waals surface area contributed by atoms with Gasteiger partial charge in [-0.2, -0.15) is 0 Å². The van der Waals surface area contributed by atoms with Crippen LogP contribution in [0.3, 0.4) is 0 Å². The molecule has 0 saturated heterocycles. The van der Waals surface area contributed by atoms with Crippen molar-refractivity contribution in [3.8, 4) is 22.1 Å². The maximum absolute atomic E-state index is 10.7. The highest BCUT2D eigenvalue weighted by Crippen LogP contribution is 2.41. The number of benzene rings is 1. The molecule has 0 atom stereocenters. The Bertz CT molecular complexity index is 611. The molecule has 0 radical (unpaired) electrons. The topological polar surface area (TPSA) is 48.4 Å². The number of carbonyl (C=O) groups excluding carboxylic acids is 1. The van der Waals surface area contributed by atoms with Crippen LogP contribution < -0.4 is 9.47 Å². The number of thiazole rings is 1. The summed E-state index contributed by atoms with van der Waals surface area (Å²) in [5, 5.41) is 0.787. The van der Waals surface area contributed by atoms with Gasteiger partial charge in [-0.1, -0.05) is 0 Å². The van der Waals surface area contributed by atoms with Crippen molar-refractivity contribution in [2.45, 2.75) is 0 Å². The number of hydrogen-bond donors (Lipinski definition) is 0. The highest BCUT2D eigenvalue weighted by molar-refractivity contribution is 9.10. The zero-order valence-electron chi connectivity index (χ0n) is 9.18. The van der Waals surface area contributed by atoms with Gasteiger partial charge in [-0.3, -0.25) is 4.79 Å². The van der Waals surface area contributed by atoms with Crippen LogP contribution in [0, 0.1) is 0 Å². The Labute approximate surface area is 116 Å².